The summed E-state index contributed by atoms with van der Waals surface area (Å²) >= 11 is -5.57. The first-order valence-electron chi connectivity index (χ1n) is 23.3. The summed E-state index contributed by atoms with van der Waals surface area (Å²) in [5.41, 5.74) is 15.9. The summed E-state index contributed by atoms with van der Waals surface area (Å²) in [6.45, 7) is 13.8. The standard InChI is InChI=1S/2C28H25O.C2H6Si.2ClH.Zr/c2*1-3-7-19-10-12-21(13-11-19)27-20(4-2)14-15-22-16-24(17-26(22)27)28-25-9-6-5-8-23(25)18-29-28;1-3-2;;;/h2*5-6,8-18H,3-4,7H2,1-2H3;1-2H3;2*1H;/q;;;;;+2/p-2. The topological polar surface area (TPSA) is 26.3 Å². The number of rotatable bonds is 12. The maximum absolute atomic E-state index is 9.23. The summed E-state index contributed by atoms with van der Waals surface area (Å²) in [6, 6.07) is 45.0. The molecule has 0 spiro atoms. The molecule has 0 N–H and O–H groups in total. The number of hydrogen-bond donors (Lipinski definition) is 0. The minimum absolute atomic E-state index is 0.273. The van der Waals surface area contributed by atoms with Gasteiger partial charge in [-0.05, 0) is 0 Å². The third kappa shape index (κ3) is 6.88. The van der Waals surface area contributed by atoms with Crippen LogP contribution in [0.25, 0.3) is 67.1 Å². The molecule has 0 saturated heterocycles. The third-order valence-corrected chi connectivity index (χ3v) is 60.7. The fraction of sp³-hybridized carbons (Fsp3) is 0.241. The van der Waals surface area contributed by atoms with E-state index >= 15 is 0 Å². The second-order valence-corrected chi connectivity index (χ2v) is 57.1. The van der Waals surface area contributed by atoms with Gasteiger partial charge in [-0.15, -0.1) is 0 Å². The van der Waals surface area contributed by atoms with E-state index in [4.69, 9.17) is 8.83 Å². The molecule has 2 heterocycles. The second-order valence-electron chi connectivity index (χ2n) is 18.3. The molecule has 2 aliphatic carbocycles. The molecule has 64 heavy (non-hydrogen) atoms. The van der Waals surface area contributed by atoms with Gasteiger partial charge in [0.2, 0.25) is 0 Å². The van der Waals surface area contributed by atoms with Gasteiger partial charge in [0, 0.05) is 0 Å². The Labute approximate surface area is 386 Å². The third-order valence-electron chi connectivity index (χ3n) is 14.5. The van der Waals surface area contributed by atoms with E-state index in [1.807, 2.05) is 12.5 Å². The molecular weight excluding hydrogens is 919 g/mol. The van der Waals surface area contributed by atoms with Crippen LogP contribution in [0.1, 0.15) is 104 Å². The quantitative estimate of drug-likeness (QED) is 0.114. The molecular formula is C58H56Cl2O2SiZr. The molecule has 2 unspecified atom stereocenters. The summed E-state index contributed by atoms with van der Waals surface area (Å²) in [5, 5.41) is 4.31. The van der Waals surface area contributed by atoms with Crippen LogP contribution in [0.2, 0.25) is 13.1 Å². The molecule has 8 aromatic rings. The van der Waals surface area contributed by atoms with Crippen LogP contribution in [-0.2, 0) is 40.7 Å². The fourth-order valence-corrected chi connectivity index (χ4v) is 38.9. The van der Waals surface area contributed by atoms with Crippen molar-refractivity contribution < 1.29 is 23.8 Å². The van der Waals surface area contributed by atoms with Gasteiger partial charge in [0.15, 0.2) is 0 Å². The summed E-state index contributed by atoms with van der Waals surface area (Å²) in [4.78, 5) is 0. The second kappa shape index (κ2) is 17.1. The van der Waals surface area contributed by atoms with Gasteiger partial charge in [-0.3, -0.25) is 0 Å². The van der Waals surface area contributed by atoms with Gasteiger partial charge in [-0.1, -0.05) is 0 Å². The monoisotopic (exact) mass is 972 g/mol. The first-order valence-corrected chi connectivity index (χ1v) is 38.7. The summed E-state index contributed by atoms with van der Waals surface area (Å²) in [7, 11) is 18.5. The molecule has 2 nitrogen and oxygen atoms in total. The molecule has 0 radical (unpaired) electrons. The zero-order valence-electron chi connectivity index (χ0n) is 37.8. The van der Waals surface area contributed by atoms with E-state index in [2.05, 4.69) is 174 Å². The van der Waals surface area contributed by atoms with Gasteiger partial charge in [0.05, 0.1) is 0 Å². The van der Waals surface area contributed by atoms with Crippen LogP contribution >= 0.6 is 17.0 Å². The molecule has 10 rings (SSSR count). The number of allylic oxidation sites excluding steroid dienone is 2. The number of benzene rings is 6. The molecule has 0 bridgehead atoms. The van der Waals surface area contributed by atoms with E-state index in [1.165, 1.54) is 66.8 Å². The van der Waals surface area contributed by atoms with Crippen LogP contribution in [0.5, 0.6) is 0 Å². The normalized spacial score (nSPS) is 16.0. The Bertz CT molecular complexity index is 3040. The van der Waals surface area contributed by atoms with Gasteiger partial charge >= 0.3 is 390 Å². The van der Waals surface area contributed by atoms with Crippen LogP contribution < -0.4 is 0 Å². The number of fused-ring (bicyclic) bond motifs is 4. The van der Waals surface area contributed by atoms with Gasteiger partial charge in [0.25, 0.3) is 0 Å². The van der Waals surface area contributed by atoms with E-state index in [-0.39, 0.29) is 7.25 Å². The molecule has 2 atom stereocenters. The van der Waals surface area contributed by atoms with Crippen LogP contribution in [0.3, 0.4) is 0 Å². The zero-order valence-corrected chi connectivity index (χ0v) is 42.8. The first kappa shape index (κ1) is 43.5. The van der Waals surface area contributed by atoms with Crippen molar-refractivity contribution in [3.8, 4) is 22.3 Å². The van der Waals surface area contributed by atoms with E-state index in [0.29, 0.717) is 0 Å². The van der Waals surface area contributed by atoms with E-state index in [1.54, 1.807) is 0 Å². The van der Waals surface area contributed by atoms with Crippen molar-refractivity contribution in [3.05, 3.63) is 190 Å². The zero-order chi connectivity index (χ0) is 44.4. The molecule has 6 aromatic carbocycles. The molecule has 0 fully saturated rings. The van der Waals surface area contributed by atoms with Crippen molar-refractivity contribution in [1.29, 1.82) is 0 Å². The fourth-order valence-electron chi connectivity index (χ4n) is 11.2. The predicted molar refractivity (Wildman–Crippen MR) is 273 cm³/mol. The minimum atomic E-state index is -5.57. The van der Waals surface area contributed by atoms with Gasteiger partial charge in [0.1, 0.15) is 0 Å². The Morgan fingerprint density at radius 2 is 0.922 bits per heavy atom. The SMILES string of the molecule is CCCc1ccc(-c2c(CC)ccc3c2C=C(c2occ4ccccc24)[CH]3[Zr]([Cl])([Cl])([CH]2C(c3occ4ccccc34)=Cc3c2ccc(CC)c3-c2ccc(CCC)cc2)=[Si](C)C)cc1. The van der Waals surface area contributed by atoms with Crippen molar-refractivity contribution in [3.63, 3.8) is 0 Å². The Balaban J connectivity index is 1.29. The number of halogens is 2. The Morgan fingerprint density at radius 3 is 1.30 bits per heavy atom. The Kier molecular flexibility index (Phi) is 11.6. The number of furan rings is 2. The van der Waals surface area contributed by atoms with Gasteiger partial charge in [-0.2, -0.15) is 0 Å². The van der Waals surface area contributed by atoms with E-state index in [9.17, 15) is 17.0 Å². The van der Waals surface area contributed by atoms with Gasteiger partial charge in [-0.25, -0.2) is 0 Å². The first-order chi connectivity index (χ1) is 31.1. The van der Waals surface area contributed by atoms with Crippen molar-refractivity contribution in [1.82, 2.24) is 0 Å². The van der Waals surface area contributed by atoms with Crippen molar-refractivity contribution in [2.24, 2.45) is 0 Å². The molecule has 6 heteroatoms. The van der Waals surface area contributed by atoms with Crippen molar-refractivity contribution in [2.45, 2.75) is 86.6 Å². The molecule has 0 amide bonds. The predicted octanol–water partition coefficient (Wildman–Crippen LogP) is 17.7. The average molecular weight is 975 g/mol. The van der Waals surface area contributed by atoms with Crippen LogP contribution in [0, 0.1) is 0 Å². The molecule has 2 aromatic heterocycles. The molecule has 2 aliphatic rings. The Morgan fingerprint density at radius 1 is 0.516 bits per heavy atom. The molecule has 0 aliphatic heterocycles. The van der Waals surface area contributed by atoms with Crippen molar-refractivity contribution >= 4 is 67.3 Å². The summed E-state index contributed by atoms with van der Waals surface area (Å²) in [6.07, 6.45) is 14.8. The van der Waals surface area contributed by atoms with E-state index in [0.717, 1.165) is 82.7 Å². The number of aryl methyl sites for hydroxylation is 4. The van der Waals surface area contributed by atoms with E-state index < -0.39 is 20.4 Å². The maximum atomic E-state index is 9.23. The molecule has 322 valence electrons. The molecule has 0 saturated carbocycles. The van der Waals surface area contributed by atoms with Crippen LogP contribution in [0.15, 0.2) is 143 Å². The van der Waals surface area contributed by atoms with Gasteiger partial charge < -0.3 is 0 Å². The van der Waals surface area contributed by atoms with Crippen molar-refractivity contribution in [2.75, 3.05) is 0 Å². The van der Waals surface area contributed by atoms with Crippen LogP contribution in [0.4, 0.5) is 0 Å². The average Bonchev–Trinajstić information content (AvgIpc) is 4.12. The Hall–Kier alpha value is -4.44. The van der Waals surface area contributed by atoms with Crippen LogP contribution in [-0.4, -0.2) is 5.43 Å². The summed E-state index contributed by atoms with van der Waals surface area (Å²) < 4.78 is 13.0. The summed E-state index contributed by atoms with van der Waals surface area (Å²) in [5.74, 6) is 1.73. The number of hydrogen-bond acceptors (Lipinski definition) is 2.